The standard InChI is InChI=1S/C17H36N4/c1-15-11-16(2)13-17(12-15,14-18)21-9-7-20(8-10-21)6-5-19(3)4/h15-16H,5-14,18H2,1-4H3. The zero-order valence-electron chi connectivity index (χ0n) is 14.6. The van der Waals surface area contributed by atoms with E-state index in [1.54, 1.807) is 0 Å². The van der Waals surface area contributed by atoms with Crippen molar-refractivity contribution in [3.05, 3.63) is 0 Å². The molecule has 0 amide bonds. The molecule has 0 aromatic carbocycles. The van der Waals surface area contributed by atoms with E-state index in [4.69, 9.17) is 5.73 Å². The van der Waals surface area contributed by atoms with Crippen LogP contribution >= 0.6 is 0 Å². The molecule has 2 rings (SSSR count). The molecule has 2 aliphatic rings. The van der Waals surface area contributed by atoms with Gasteiger partial charge in [0.2, 0.25) is 0 Å². The molecule has 0 bridgehead atoms. The minimum absolute atomic E-state index is 0.282. The van der Waals surface area contributed by atoms with Gasteiger partial charge in [-0.1, -0.05) is 13.8 Å². The van der Waals surface area contributed by atoms with Gasteiger partial charge in [-0.3, -0.25) is 9.80 Å². The summed E-state index contributed by atoms with van der Waals surface area (Å²) < 4.78 is 0. The predicted octanol–water partition coefficient (Wildman–Crippen LogP) is 1.32. The van der Waals surface area contributed by atoms with E-state index in [-0.39, 0.29) is 5.54 Å². The van der Waals surface area contributed by atoms with Crippen molar-refractivity contribution >= 4 is 0 Å². The number of piperazine rings is 1. The molecule has 2 N–H and O–H groups in total. The molecule has 21 heavy (non-hydrogen) atoms. The third-order valence-corrected chi connectivity index (χ3v) is 5.55. The van der Waals surface area contributed by atoms with Gasteiger partial charge in [-0.2, -0.15) is 0 Å². The van der Waals surface area contributed by atoms with Gasteiger partial charge in [-0.25, -0.2) is 0 Å². The molecule has 4 nitrogen and oxygen atoms in total. The number of hydrogen-bond donors (Lipinski definition) is 1. The molecule has 1 heterocycles. The van der Waals surface area contributed by atoms with Crippen LogP contribution in [0, 0.1) is 11.8 Å². The number of hydrogen-bond acceptors (Lipinski definition) is 4. The zero-order valence-corrected chi connectivity index (χ0v) is 14.6. The highest BCUT2D eigenvalue weighted by molar-refractivity contribution is 4.99. The average molecular weight is 297 g/mol. The molecule has 1 saturated carbocycles. The van der Waals surface area contributed by atoms with E-state index in [1.165, 1.54) is 52.0 Å². The number of likely N-dealkylation sites (N-methyl/N-ethyl adjacent to an activating group) is 1. The summed E-state index contributed by atoms with van der Waals surface area (Å²) in [6.07, 6.45) is 3.97. The van der Waals surface area contributed by atoms with Crippen molar-refractivity contribution in [2.75, 3.05) is 59.9 Å². The highest BCUT2D eigenvalue weighted by Gasteiger charge is 2.42. The van der Waals surface area contributed by atoms with E-state index in [2.05, 4.69) is 42.6 Å². The number of nitrogens with zero attached hydrogens (tertiary/aromatic N) is 3. The third-order valence-electron chi connectivity index (χ3n) is 5.55. The largest absolute Gasteiger partial charge is 0.329 e. The molecular weight excluding hydrogens is 260 g/mol. The lowest BCUT2D eigenvalue weighted by Gasteiger charge is -2.52. The Labute approximate surface area is 131 Å². The Morgan fingerprint density at radius 2 is 1.62 bits per heavy atom. The first-order chi connectivity index (χ1) is 9.95. The second-order valence-corrected chi connectivity index (χ2v) is 7.91. The average Bonchev–Trinajstić information content (AvgIpc) is 2.44. The molecule has 124 valence electrons. The summed E-state index contributed by atoms with van der Waals surface area (Å²) in [4.78, 5) is 7.61. The summed E-state index contributed by atoms with van der Waals surface area (Å²) in [6, 6.07) is 0. The van der Waals surface area contributed by atoms with E-state index in [0.29, 0.717) is 0 Å². The molecule has 1 saturated heterocycles. The second-order valence-electron chi connectivity index (χ2n) is 7.91. The first-order valence-electron chi connectivity index (χ1n) is 8.77. The molecule has 0 radical (unpaired) electrons. The van der Waals surface area contributed by atoms with Gasteiger partial charge >= 0.3 is 0 Å². The topological polar surface area (TPSA) is 35.7 Å². The smallest absolute Gasteiger partial charge is 0.0337 e. The van der Waals surface area contributed by atoms with Gasteiger partial charge < -0.3 is 10.6 Å². The summed E-state index contributed by atoms with van der Waals surface area (Å²) in [5.74, 6) is 1.65. The van der Waals surface area contributed by atoms with Crippen LogP contribution in [0.3, 0.4) is 0 Å². The summed E-state index contributed by atoms with van der Waals surface area (Å²) in [6.45, 7) is 12.8. The Bertz CT molecular complexity index is 300. The van der Waals surface area contributed by atoms with Gasteiger partial charge in [0, 0.05) is 51.4 Å². The van der Waals surface area contributed by atoms with Gasteiger partial charge in [0.1, 0.15) is 0 Å². The summed E-state index contributed by atoms with van der Waals surface area (Å²) in [5.41, 5.74) is 6.55. The van der Waals surface area contributed by atoms with Crippen LogP contribution in [0.25, 0.3) is 0 Å². The molecule has 1 aliphatic heterocycles. The van der Waals surface area contributed by atoms with Crippen LogP contribution in [0.2, 0.25) is 0 Å². The summed E-state index contributed by atoms with van der Waals surface area (Å²) >= 11 is 0. The van der Waals surface area contributed by atoms with Crippen molar-refractivity contribution in [1.82, 2.24) is 14.7 Å². The second kappa shape index (κ2) is 7.40. The van der Waals surface area contributed by atoms with Crippen molar-refractivity contribution in [1.29, 1.82) is 0 Å². The quantitative estimate of drug-likeness (QED) is 0.830. The molecule has 2 atom stereocenters. The van der Waals surface area contributed by atoms with Gasteiger partial charge in [-0.15, -0.1) is 0 Å². The van der Waals surface area contributed by atoms with Crippen LogP contribution in [0.4, 0.5) is 0 Å². The monoisotopic (exact) mass is 296 g/mol. The highest BCUT2D eigenvalue weighted by Crippen LogP contribution is 2.39. The van der Waals surface area contributed by atoms with Gasteiger partial charge in [0.05, 0.1) is 0 Å². The summed E-state index contributed by atoms with van der Waals surface area (Å²) in [7, 11) is 4.31. The third kappa shape index (κ3) is 4.41. The van der Waals surface area contributed by atoms with E-state index < -0.39 is 0 Å². The van der Waals surface area contributed by atoms with E-state index in [9.17, 15) is 0 Å². The van der Waals surface area contributed by atoms with E-state index in [1.807, 2.05) is 0 Å². The molecule has 0 aromatic heterocycles. The fourth-order valence-electron chi connectivity index (χ4n) is 4.58. The first kappa shape index (κ1) is 17.2. The molecule has 1 aliphatic carbocycles. The van der Waals surface area contributed by atoms with Crippen LogP contribution in [0.5, 0.6) is 0 Å². The van der Waals surface area contributed by atoms with Gasteiger partial charge in [-0.05, 0) is 45.2 Å². The molecule has 0 spiro atoms. The zero-order chi connectivity index (χ0) is 15.5. The summed E-state index contributed by atoms with van der Waals surface area (Å²) in [5, 5.41) is 0. The molecule has 2 fully saturated rings. The van der Waals surface area contributed by atoms with Crippen molar-refractivity contribution < 1.29 is 0 Å². The Morgan fingerprint density at radius 3 is 2.10 bits per heavy atom. The number of rotatable bonds is 5. The molecule has 0 aromatic rings. The Morgan fingerprint density at radius 1 is 1.05 bits per heavy atom. The van der Waals surface area contributed by atoms with Gasteiger partial charge in [0.25, 0.3) is 0 Å². The van der Waals surface area contributed by atoms with Crippen LogP contribution in [-0.2, 0) is 0 Å². The lowest BCUT2D eigenvalue weighted by Crippen LogP contribution is -2.62. The maximum absolute atomic E-state index is 6.26. The van der Waals surface area contributed by atoms with Gasteiger partial charge in [0.15, 0.2) is 0 Å². The normalized spacial score (nSPS) is 36.3. The van der Waals surface area contributed by atoms with Crippen LogP contribution in [0.1, 0.15) is 33.1 Å². The van der Waals surface area contributed by atoms with E-state index >= 15 is 0 Å². The Hall–Kier alpha value is -0.160. The number of nitrogens with two attached hydrogens (primary N) is 1. The van der Waals surface area contributed by atoms with Crippen molar-refractivity contribution in [2.24, 2.45) is 17.6 Å². The minimum Gasteiger partial charge on any atom is -0.329 e. The first-order valence-corrected chi connectivity index (χ1v) is 8.77. The van der Waals surface area contributed by atoms with Crippen LogP contribution in [0.15, 0.2) is 0 Å². The fraction of sp³-hybridized carbons (Fsp3) is 1.00. The maximum atomic E-state index is 6.26. The Balaban J connectivity index is 1.90. The fourth-order valence-corrected chi connectivity index (χ4v) is 4.58. The van der Waals surface area contributed by atoms with Crippen LogP contribution in [-0.4, -0.2) is 80.1 Å². The van der Waals surface area contributed by atoms with E-state index in [0.717, 1.165) is 24.9 Å². The minimum atomic E-state index is 0.282. The Kier molecular flexibility index (Phi) is 6.06. The van der Waals surface area contributed by atoms with Crippen molar-refractivity contribution in [2.45, 2.75) is 38.6 Å². The van der Waals surface area contributed by atoms with Crippen molar-refractivity contribution in [3.63, 3.8) is 0 Å². The highest BCUT2D eigenvalue weighted by atomic mass is 15.3. The lowest BCUT2D eigenvalue weighted by atomic mass is 9.70. The van der Waals surface area contributed by atoms with Crippen LogP contribution < -0.4 is 5.73 Å². The van der Waals surface area contributed by atoms with Crippen molar-refractivity contribution in [3.8, 4) is 0 Å². The SMILES string of the molecule is CC1CC(C)CC(CN)(N2CCN(CCN(C)C)CC2)C1. The predicted molar refractivity (Wildman–Crippen MR) is 90.5 cm³/mol. The lowest BCUT2D eigenvalue weighted by molar-refractivity contribution is -0.0133. The maximum Gasteiger partial charge on any atom is 0.0337 e. The molecule has 4 heteroatoms. The molecular formula is C17H36N4. The molecule has 2 unspecified atom stereocenters.